The Morgan fingerprint density at radius 2 is 2.05 bits per heavy atom. The van der Waals surface area contributed by atoms with Gasteiger partial charge in [-0.25, -0.2) is 0 Å². The van der Waals surface area contributed by atoms with Gasteiger partial charge in [0.15, 0.2) is 0 Å². The quantitative estimate of drug-likeness (QED) is 0.652. The lowest BCUT2D eigenvalue weighted by Crippen LogP contribution is -2.00. The molecule has 0 fully saturated rings. The van der Waals surface area contributed by atoms with Gasteiger partial charge in [0.2, 0.25) is 0 Å². The molecule has 0 bridgehead atoms. The molecule has 0 spiro atoms. The normalized spacial score (nSPS) is 10.2. The van der Waals surface area contributed by atoms with Crippen LogP contribution in [0.3, 0.4) is 0 Å². The molecule has 0 aliphatic carbocycles. The van der Waals surface area contributed by atoms with Crippen LogP contribution in [0.2, 0.25) is 5.02 Å². The van der Waals surface area contributed by atoms with Crippen molar-refractivity contribution in [2.24, 2.45) is 0 Å². The molecule has 0 saturated heterocycles. The van der Waals surface area contributed by atoms with E-state index in [1.54, 1.807) is 12.1 Å². The number of non-ortho nitro benzene ring substituents is 1. The summed E-state index contributed by atoms with van der Waals surface area (Å²) in [5.74, 6) is 0. The first-order valence-corrected chi connectivity index (χ1v) is 6.65. The van der Waals surface area contributed by atoms with E-state index in [9.17, 15) is 10.1 Å². The lowest BCUT2D eigenvalue weighted by Gasteiger charge is -2.08. The summed E-state index contributed by atoms with van der Waals surface area (Å²) in [6.45, 7) is 0.507. The van der Waals surface area contributed by atoms with Crippen LogP contribution in [0, 0.1) is 10.1 Å². The summed E-state index contributed by atoms with van der Waals surface area (Å²) in [5, 5.41) is 14.4. The summed E-state index contributed by atoms with van der Waals surface area (Å²) in [4.78, 5) is 10.3. The molecule has 0 aliphatic rings. The number of halogens is 2. The number of benzene rings is 2. The number of hydrogen-bond donors (Lipinski definition) is 1. The minimum absolute atomic E-state index is 0.0619. The van der Waals surface area contributed by atoms with E-state index in [2.05, 4.69) is 21.2 Å². The molecule has 0 radical (unpaired) electrons. The zero-order valence-corrected chi connectivity index (χ0v) is 12.1. The Morgan fingerprint density at radius 3 is 2.74 bits per heavy atom. The zero-order valence-electron chi connectivity index (χ0n) is 9.77. The van der Waals surface area contributed by atoms with Crippen LogP contribution >= 0.6 is 27.5 Å². The average Bonchev–Trinajstić information content (AvgIpc) is 2.38. The zero-order chi connectivity index (χ0) is 13.8. The summed E-state index contributed by atoms with van der Waals surface area (Å²) < 4.78 is 0.914. The van der Waals surface area contributed by atoms with Crippen molar-refractivity contribution < 1.29 is 4.92 Å². The van der Waals surface area contributed by atoms with E-state index in [0.29, 0.717) is 17.3 Å². The van der Waals surface area contributed by atoms with Gasteiger partial charge in [0.05, 0.1) is 4.92 Å². The summed E-state index contributed by atoms with van der Waals surface area (Å²) in [7, 11) is 0. The van der Waals surface area contributed by atoms with Gasteiger partial charge in [-0.1, -0.05) is 39.7 Å². The number of nitrogens with zero attached hydrogens (tertiary/aromatic N) is 1. The fourth-order valence-corrected chi connectivity index (χ4v) is 2.33. The van der Waals surface area contributed by atoms with Gasteiger partial charge in [-0.05, 0) is 23.8 Å². The first-order valence-electron chi connectivity index (χ1n) is 5.48. The van der Waals surface area contributed by atoms with Gasteiger partial charge < -0.3 is 5.32 Å². The van der Waals surface area contributed by atoms with Gasteiger partial charge in [0, 0.05) is 33.9 Å². The van der Waals surface area contributed by atoms with Crippen molar-refractivity contribution in [1.29, 1.82) is 0 Å². The van der Waals surface area contributed by atoms with Crippen LogP contribution in [0.25, 0.3) is 0 Å². The van der Waals surface area contributed by atoms with Crippen LogP contribution in [0.5, 0.6) is 0 Å². The van der Waals surface area contributed by atoms with Crippen molar-refractivity contribution in [2.75, 3.05) is 5.32 Å². The van der Waals surface area contributed by atoms with Crippen LogP contribution in [0.4, 0.5) is 11.4 Å². The Balaban J connectivity index is 2.10. The molecule has 0 amide bonds. The Morgan fingerprint density at radius 1 is 1.26 bits per heavy atom. The van der Waals surface area contributed by atoms with Gasteiger partial charge in [-0.15, -0.1) is 0 Å². The standard InChI is InChI=1S/C13H10BrClN2O2/c14-10-5-4-9(13(15)6-10)8-16-11-2-1-3-12(7-11)17(18)19/h1-7,16H,8H2. The summed E-state index contributed by atoms with van der Waals surface area (Å²) >= 11 is 9.44. The summed E-state index contributed by atoms with van der Waals surface area (Å²) in [6, 6.07) is 12.0. The third-order valence-electron chi connectivity index (χ3n) is 2.56. The van der Waals surface area contributed by atoms with Crippen LogP contribution in [-0.2, 0) is 6.54 Å². The SMILES string of the molecule is O=[N+]([O-])c1cccc(NCc2ccc(Br)cc2Cl)c1. The number of rotatable bonds is 4. The Bertz CT molecular complexity index is 619. The molecular formula is C13H10BrClN2O2. The molecule has 2 rings (SSSR count). The van der Waals surface area contributed by atoms with Gasteiger partial charge in [0.1, 0.15) is 0 Å². The highest BCUT2D eigenvalue weighted by Gasteiger charge is 2.06. The molecule has 98 valence electrons. The smallest absolute Gasteiger partial charge is 0.271 e. The van der Waals surface area contributed by atoms with E-state index in [4.69, 9.17) is 11.6 Å². The van der Waals surface area contributed by atoms with Crippen LogP contribution in [0.15, 0.2) is 46.9 Å². The van der Waals surface area contributed by atoms with E-state index in [1.165, 1.54) is 12.1 Å². The third-order valence-corrected chi connectivity index (χ3v) is 3.40. The highest BCUT2D eigenvalue weighted by molar-refractivity contribution is 9.10. The molecule has 2 aromatic rings. The molecule has 4 nitrogen and oxygen atoms in total. The summed E-state index contributed by atoms with van der Waals surface area (Å²) in [5.41, 5.74) is 1.68. The first kappa shape index (κ1) is 13.8. The molecule has 0 heterocycles. The van der Waals surface area contributed by atoms with Crippen LogP contribution in [-0.4, -0.2) is 4.92 Å². The molecular weight excluding hydrogens is 332 g/mol. The first-order chi connectivity index (χ1) is 9.06. The van der Waals surface area contributed by atoms with E-state index < -0.39 is 4.92 Å². The topological polar surface area (TPSA) is 55.2 Å². The fourth-order valence-electron chi connectivity index (χ4n) is 1.59. The second-order valence-electron chi connectivity index (χ2n) is 3.90. The molecule has 19 heavy (non-hydrogen) atoms. The predicted octanol–water partition coefficient (Wildman–Crippen LogP) is 4.62. The Kier molecular flexibility index (Phi) is 4.39. The fraction of sp³-hybridized carbons (Fsp3) is 0.0769. The minimum atomic E-state index is -0.419. The van der Waals surface area contributed by atoms with Crippen molar-refractivity contribution in [3.63, 3.8) is 0 Å². The number of nitro benzene ring substituents is 1. The molecule has 0 saturated carbocycles. The van der Waals surface area contributed by atoms with Crippen molar-refractivity contribution in [2.45, 2.75) is 6.54 Å². The van der Waals surface area contributed by atoms with Gasteiger partial charge in [0.25, 0.3) is 5.69 Å². The maximum atomic E-state index is 10.7. The highest BCUT2D eigenvalue weighted by Crippen LogP contribution is 2.23. The Hall–Kier alpha value is -1.59. The van der Waals surface area contributed by atoms with Crippen molar-refractivity contribution >= 4 is 38.9 Å². The molecule has 2 aromatic carbocycles. The molecule has 0 atom stereocenters. The maximum absolute atomic E-state index is 10.7. The highest BCUT2D eigenvalue weighted by atomic mass is 79.9. The second kappa shape index (κ2) is 6.04. The largest absolute Gasteiger partial charge is 0.381 e. The van der Waals surface area contributed by atoms with Crippen molar-refractivity contribution in [3.05, 3.63) is 67.6 Å². The molecule has 6 heteroatoms. The predicted molar refractivity (Wildman–Crippen MR) is 79.6 cm³/mol. The van der Waals surface area contributed by atoms with Gasteiger partial charge in [-0.3, -0.25) is 10.1 Å². The molecule has 0 aromatic heterocycles. The van der Waals surface area contributed by atoms with E-state index >= 15 is 0 Å². The van der Waals surface area contributed by atoms with Crippen LogP contribution < -0.4 is 5.32 Å². The van der Waals surface area contributed by atoms with Gasteiger partial charge >= 0.3 is 0 Å². The second-order valence-corrected chi connectivity index (χ2v) is 5.22. The van der Waals surface area contributed by atoms with Crippen LogP contribution in [0.1, 0.15) is 5.56 Å². The number of hydrogen-bond acceptors (Lipinski definition) is 3. The summed E-state index contributed by atoms with van der Waals surface area (Å²) in [6.07, 6.45) is 0. The monoisotopic (exact) mass is 340 g/mol. The van der Waals surface area contributed by atoms with E-state index in [1.807, 2.05) is 18.2 Å². The molecule has 0 unspecified atom stereocenters. The average molecular weight is 342 g/mol. The van der Waals surface area contributed by atoms with Crippen molar-refractivity contribution in [3.8, 4) is 0 Å². The third kappa shape index (κ3) is 3.68. The number of nitrogens with one attached hydrogen (secondary N) is 1. The Labute approximate surface area is 123 Å². The maximum Gasteiger partial charge on any atom is 0.271 e. The minimum Gasteiger partial charge on any atom is -0.381 e. The number of anilines is 1. The van der Waals surface area contributed by atoms with Crippen molar-refractivity contribution in [1.82, 2.24) is 0 Å². The number of nitro groups is 1. The lowest BCUT2D eigenvalue weighted by atomic mass is 10.2. The molecule has 1 N–H and O–H groups in total. The van der Waals surface area contributed by atoms with E-state index in [-0.39, 0.29) is 5.69 Å². The van der Waals surface area contributed by atoms with Gasteiger partial charge in [-0.2, -0.15) is 0 Å². The lowest BCUT2D eigenvalue weighted by molar-refractivity contribution is -0.384. The van der Waals surface area contributed by atoms with E-state index in [0.717, 1.165) is 10.0 Å². The molecule has 0 aliphatic heterocycles.